The summed E-state index contributed by atoms with van der Waals surface area (Å²) in [6.45, 7) is 0. The van der Waals surface area contributed by atoms with Crippen LogP contribution in [0.2, 0.25) is 0 Å². The second-order valence-corrected chi connectivity index (χ2v) is 4.44. The second-order valence-electron chi connectivity index (χ2n) is 2.60. The van der Waals surface area contributed by atoms with Crippen LogP contribution in [0.5, 0.6) is 0 Å². The minimum absolute atomic E-state index is 0.571. The Hall–Kier alpha value is -0.560. The summed E-state index contributed by atoms with van der Waals surface area (Å²) < 4.78 is 5.68. The smallest absolute Gasteiger partial charge is 0.258 e. The van der Waals surface area contributed by atoms with Crippen molar-refractivity contribution in [3.63, 3.8) is 0 Å². The van der Waals surface area contributed by atoms with Gasteiger partial charge in [0.2, 0.25) is 3.83 Å². The molecule has 0 aliphatic heterocycles. The number of hydrogen-bond acceptors (Lipinski definition) is 4. The van der Waals surface area contributed by atoms with Gasteiger partial charge in [0.05, 0.1) is 0 Å². The Bertz CT molecular complexity index is 427. The van der Waals surface area contributed by atoms with Gasteiger partial charge in [0.15, 0.2) is 0 Å². The fourth-order valence-electron chi connectivity index (χ4n) is 1.06. The van der Waals surface area contributed by atoms with Crippen molar-refractivity contribution in [1.82, 2.24) is 10.1 Å². The van der Waals surface area contributed by atoms with E-state index >= 15 is 0 Å². The zero-order valence-electron chi connectivity index (χ0n) is 7.40. The molecule has 0 fully saturated rings. The predicted molar refractivity (Wildman–Crippen MR) is 64.2 cm³/mol. The molecule has 0 amide bonds. The molecule has 1 aromatic carbocycles. The van der Waals surface area contributed by atoms with Gasteiger partial charge in [-0.25, -0.2) is 0 Å². The molecule has 3 nitrogen and oxygen atoms in total. The van der Waals surface area contributed by atoms with Crippen molar-refractivity contribution < 1.29 is 4.52 Å². The fourth-order valence-corrected chi connectivity index (χ4v) is 1.78. The van der Waals surface area contributed by atoms with Gasteiger partial charge in [-0.2, -0.15) is 4.98 Å². The summed E-state index contributed by atoms with van der Waals surface area (Å²) in [6, 6.07) is 8.04. The highest BCUT2D eigenvalue weighted by Crippen LogP contribution is 2.21. The maximum atomic E-state index is 5.05. The first-order chi connectivity index (χ1) is 6.79. The lowest BCUT2D eigenvalue weighted by Gasteiger charge is -1.96. The number of halogens is 1. The van der Waals surface area contributed by atoms with Gasteiger partial charge in [-0.3, -0.25) is 0 Å². The molecule has 0 radical (unpaired) electrons. The Morgan fingerprint density at radius 1 is 1.29 bits per heavy atom. The highest BCUT2D eigenvalue weighted by molar-refractivity contribution is 14.1. The Labute approximate surface area is 99.4 Å². The van der Waals surface area contributed by atoms with Gasteiger partial charge in [0.1, 0.15) is 0 Å². The average molecular weight is 318 g/mol. The van der Waals surface area contributed by atoms with Gasteiger partial charge in [0.25, 0.3) is 5.89 Å². The van der Waals surface area contributed by atoms with Crippen LogP contribution in [0.1, 0.15) is 0 Å². The summed E-state index contributed by atoms with van der Waals surface area (Å²) in [6.07, 6.45) is 2.05. The normalized spacial score (nSPS) is 10.4. The van der Waals surface area contributed by atoms with Crippen LogP contribution < -0.4 is 0 Å². The van der Waals surface area contributed by atoms with Crippen LogP contribution in [0, 0.1) is 3.83 Å². The van der Waals surface area contributed by atoms with Crippen LogP contribution in [-0.4, -0.2) is 16.4 Å². The van der Waals surface area contributed by atoms with Gasteiger partial charge in [-0.05, 0) is 30.5 Å². The fraction of sp³-hybridized carbons (Fsp3) is 0.111. The molecule has 72 valence electrons. The molecule has 2 aromatic rings. The summed E-state index contributed by atoms with van der Waals surface area (Å²) in [7, 11) is 0. The molecule has 1 heterocycles. The maximum Gasteiger partial charge on any atom is 0.258 e. The number of rotatable bonds is 2. The Morgan fingerprint density at radius 3 is 2.50 bits per heavy atom. The predicted octanol–water partition coefficient (Wildman–Crippen LogP) is 3.06. The summed E-state index contributed by atoms with van der Waals surface area (Å²) in [5.41, 5.74) is 0.957. The molecule has 0 bridgehead atoms. The quantitative estimate of drug-likeness (QED) is 0.630. The average Bonchev–Trinajstić information content (AvgIpc) is 2.65. The minimum atomic E-state index is 0.571. The first-order valence-electron chi connectivity index (χ1n) is 3.93. The SMILES string of the molecule is CSc1ccc(-c2nc(I)no2)cc1. The molecular formula is C9H7IN2OS. The van der Waals surface area contributed by atoms with E-state index in [-0.39, 0.29) is 0 Å². The molecule has 0 unspecified atom stereocenters. The van der Waals surface area contributed by atoms with Crippen LogP contribution in [0.15, 0.2) is 33.7 Å². The first kappa shape index (κ1) is 9.97. The molecule has 0 saturated heterocycles. The highest BCUT2D eigenvalue weighted by Gasteiger charge is 2.05. The summed E-state index contributed by atoms with van der Waals surface area (Å²) in [4.78, 5) is 5.36. The Kier molecular flexibility index (Phi) is 3.07. The van der Waals surface area contributed by atoms with Crippen LogP contribution in [0.3, 0.4) is 0 Å². The van der Waals surface area contributed by atoms with Crippen LogP contribution in [0.25, 0.3) is 11.5 Å². The van der Waals surface area contributed by atoms with Gasteiger partial charge in [-0.15, -0.1) is 11.8 Å². The van der Waals surface area contributed by atoms with Crippen molar-refractivity contribution in [2.75, 3.05) is 6.26 Å². The molecule has 2 rings (SSSR count). The van der Waals surface area contributed by atoms with E-state index in [1.807, 2.05) is 53.1 Å². The van der Waals surface area contributed by atoms with Crippen LogP contribution >= 0.6 is 34.4 Å². The van der Waals surface area contributed by atoms with Crippen molar-refractivity contribution in [2.24, 2.45) is 0 Å². The molecule has 14 heavy (non-hydrogen) atoms. The third kappa shape index (κ3) is 2.09. The van der Waals surface area contributed by atoms with E-state index in [9.17, 15) is 0 Å². The summed E-state index contributed by atoms with van der Waals surface area (Å²) >= 11 is 3.73. The van der Waals surface area contributed by atoms with E-state index in [4.69, 9.17) is 4.52 Å². The molecule has 1 aromatic heterocycles. The zero-order chi connectivity index (χ0) is 9.97. The van der Waals surface area contributed by atoms with E-state index in [1.54, 1.807) is 11.8 Å². The van der Waals surface area contributed by atoms with Gasteiger partial charge in [0, 0.05) is 33.0 Å². The van der Waals surface area contributed by atoms with Crippen LogP contribution in [0.4, 0.5) is 0 Å². The van der Waals surface area contributed by atoms with Crippen molar-refractivity contribution in [2.45, 2.75) is 4.90 Å². The topological polar surface area (TPSA) is 38.9 Å². The number of benzene rings is 1. The van der Waals surface area contributed by atoms with Crippen molar-refractivity contribution in [3.05, 3.63) is 28.1 Å². The third-order valence-electron chi connectivity index (χ3n) is 1.74. The lowest BCUT2D eigenvalue weighted by Crippen LogP contribution is -1.77. The van der Waals surface area contributed by atoms with Crippen molar-refractivity contribution in [3.8, 4) is 11.5 Å². The molecule has 0 spiro atoms. The maximum absolute atomic E-state index is 5.05. The van der Waals surface area contributed by atoms with E-state index in [0.717, 1.165) is 5.56 Å². The van der Waals surface area contributed by atoms with Gasteiger partial charge >= 0.3 is 0 Å². The Balaban J connectivity index is 2.33. The molecule has 0 aliphatic carbocycles. The number of aromatic nitrogens is 2. The molecular weight excluding hydrogens is 311 g/mol. The van der Waals surface area contributed by atoms with E-state index in [0.29, 0.717) is 9.72 Å². The number of nitrogens with zero attached hydrogens (tertiary/aromatic N) is 2. The second kappa shape index (κ2) is 4.31. The molecule has 0 saturated carbocycles. The molecule has 0 atom stereocenters. The highest BCUT2D eigenvalue weighted by atomic mass is 127. The van der Waals surface area contributed by atoms with Crippen molar-refractivity contribution >= 4 is 34.4 Å². The first-order valence-corrected chi connectivity index (χ1v) is 6.23. The zero-order valence-corrected chi connectivity index (χ0v) is 10.4. The Morgan fingerprint density at radius 2 is 2.00 bits per heavy atom. The van der Waals surface area contributed by atoms with E-state index in [1.165, 1.54) is 4.90 Å². The van der Waals surface area contributed by atoms with Gasteiger partial charge in [-0.1, -0.05) is 5.16 Å². The van der Waals surface area contributed by atoms with E-state index < -0.39 is 0 Å². The number of hydrogen-bond donors (Lipinski definition) is 0. The largest absolute Gasteiger partial charge is 0.333 e. The lowest BCUT2D eigenvalue weighted by atomic mass is 10.2. The van der Waals surface area contributed by atoms with Crippen molar-refractivity contribution in [1.29, 1.82) is 0 Å². The molecule has 5 heteroatoms. The minimum Gasteiger partial charge on any atom is -0.333 e. The third-order valence-corrected chi connectivity index (χ3v) is 2.92. The monoisotopic (exact) mass is 318 g/mol. The number of thioether (sulfide) groups is 1. The van der Waals surface area contributed by atoms with Gasteiger partial charge < -0.3 is 4.52 Å². The molecule has 0 N–H and O–H groups in total. The van der Waals surface area contributed by atoms with Crippen LogP contribution in [-0.2, 0) is 0 Å². The molecule has 0 aliphatic rings. The standard InChI is InChI=1S/C9H7IN2OS/c1-14-7-4-2-6(3-5-7)8-11-9(10)12-13-8/h2-5H,1H3. The summed E-state index contributed by atoms with van der Waals surface area (Å²) in [5.74, 6) is 0.571. The lowest BCUT2D eigenvalue weighted by molar-refractivity contribution is 0.426. The van der Waals surface area contributed by atoms with E-state index in [2.05, 4.69) is 10.1 Å². The summed E-state index contributed by atoms with van der Waals surface area (Å²) in [5, 5.41) is 3.73.